The smallest absolute Gasteiger partial charge is 0.167 e. The molecule has 0 bridgehead atoms. The minimum Gasteiger partial charge on any atom is -0.328 e. The molecule has 0 heterocycles. The van der Waals surface area contributed by atoms with Gasteiger partial charge in [0.2, 0.25) is 0 Å². The third kappa shape index (κ3) is 2.60. The zero-order valence-corrected chi connectivity index (χ0v) is 7.76. The molecule has 14 heavy (non-hydrogen) atoms. The quantitative estimate of drug-likeness (QED) is 0.755. The number of Topliss-reactive ketones (excluding diaryl/α,β-unsaturated/α-hetero) is 1. The van der Waals surface area contributed by atoms with Crippen LogP contribution >= 0.6 is 0 Å². The summed E-state index contributed by atoms with van der Waals surface area (Å²) in [5, 5.41) is 0. The summed E-state index contributed by atoms with van der Waals surface area (Å²) in [5.74, 6) is -1.81. The Kier molecular flexibility index (Phi) is 3.30. The number of rotatable bonds is 3. The number of hydrogen-bond acceptors (Lipinski definition) is 2. The van der Waals surface area contributed by atoms with E-state index in [9.17, 15) is 13.6 Å². The molecule has 0 amide bonds. The summed E-state index contributed by atoms with van der Waals surface area (Å²) in [6.45, 7) is 1.63. The van der Waals surface area contributed by atoms with E-state index in [1.165, 1.54) is 0 Å². The molecule has 2 nitrogen and oxygen atoms in total. The Labute approximate surface area is 80.7 Å². The molecule has 0 spiro atoms. The fourth-order valence-corrected chi connectivity index (χ4v) is 1.11. The van der Waals surface area contributed by atoms with E-state index >= 15 is 0 Å². The number of carbonyl (C=O) groups excluding carboxylic acids is 1. The molecule has 1 aromatic rings. The maximum Gasteiger partial charge on any atom is 0.167 e. The molecule has 0 aliphatic rings. The van der Waals surface area contributed by atoms with Crippen molar-refractivity contribution in [3.63, 3.8) is 0 Å². The van der Waals surface area contributed by atoms with E-state index in [0.29, 0.717) is 0 Å². The van der Waals surface area contributed by atoms with Crippen LogP contribution in [0, 0.1) is 11.6 Å². The zero-order chi connectivity index (χ0) is 10.7. The number of nitrogens with two attached hydrogens (primary N) is 1. The van der Waals surface area contributed by atoms with E-state index in [0.717, 1.165) is 18.2 Å². The lowest BCUT2D eigenvalue weighted by Gasteiger charge is -2.05. The fraction of sp³-hybridized carbons (Fsp3) is 0.300. The highest BCUT2D eigenvalue weighted by molar-refractivity contribution is 5.96. The van der Waals surface area contributed by atoms with Crippen molar-refractivity contribution in [1.29, 1.82) is 0 Å². The first-order chi connectivity index (χ1) is 6.50. The Balaban J connectivity index is 2.94. The van der Waals surface area contributed by atoms with Crippen LogP contribution in [-0.2, 0) is 0 Å². The lowest BCUT2D eigenvalue weighted by atomic mass is 10.0. The molecule has 0 aliphatic heterocycles. The van der Waals surface area contributed by atoms with Crippen LogP contribution in [0.1, 0.15) is 23.7 Å². The zero-order valence-electron chi connectivity index (χ0n) is 7.76. The molecule has 0 saturated carbocycles. The number of carbonyl (C=O) groups is 1. The van der Waals surface area contributed by atoms with Gasteiger partial charge in [0.25, 0.3) is 0 Å². The lowest BCUT2D eigenvalue weighted by Crippen LogP contribution is -2.20. The van der Waals surface area contributed by atoms with Crippen molar-refractivity contribution < 1.29 is 13.6 Å². The van der Waals surface area contributed by atoms with Gasteiger partial charge < -0.3 is 5.73 Å². The second kappa shape index (κ2) is 4.28. The summed E-state index contributed by atoms with van der Waals surface area (Å²) in [5.41, 5.74) is 5.15. The van der Waals surface area contributed by atoms with Crippen LogP contribution in [0.4, 0.5) is 8.78 Å². The summed E-state index contributed by atoms with van der Waals surface area (Å²) in [6.07, 6.45) is 0.0143. The van der Waals surface area contributed by atoms with Gasteiger partial charge in [-0.05, 0) is 25.1 Å². The van der Waals surface area contributed by atoms with Crippen molar-refractivity contribution in [1.82, 2.24) is 0 Å². The maximum atomic E-state index is 13.0. The van der Waals surface area contributed by atoms with Crippen LogP contribution in [0.15, 0.2) is 18.2 Å². The number of hydrogen-bond donors (Lipinski definition) is 1. The van der Waals surface area contributed by atoms with Crippen LogP contribution in [0.5, 0.6) is 0 Å². The van der Waals surface area contributed by atoms with Crippen molar-refractivity contribution in [2.45, 2.75) is 19.4 Å². The monoisotopic (exact) mass is 199 g/mol. The Bertz CT molecular complexity index is 350. The normalized spacial score (nSPS) is 12.6. The van der Waals surface area contributed by atoms with Gasteiger partial charge in [0.15, 0.2) is 5.78 Å². The summed E-state index contributed by atoms with van der Waals surface area (Å²) < 4.78 is 25.7. The van der Waals surface area contributed by atoms with Crippen molar-refractivity contribution >= 4 is 5.78 Å². The van der Waals surface area contributed by atoms with Gasteiger partial charge in [0.05, 0.1) is 5.56 Å². The maximum absolute atomic E-state index is 13.0. The van der Waals surface area contributed by atoms with Crippen LogP contribution < -0.4 is 5.73 Å². The lowest BCUT2D eigenvalue weighted by molar-refractivity contribution is 0.0972. The van der Waals surface area contributed by atoms with E-state index in [-0.39, 0.29) is 18.0 Å². The van der Waals surface area contributed by atoms with E-state index in [1.807, 2.05) is 0 Å². The second-order valence-corrected chi connectivity index (χ2v) is 3.23. The third-order valence-corrected chi connectivity index (χ3v) is 1.74. The highest BCUT2D eigenvalue weighted by Crippen LogP contribution is 2.12. The fourth-order valence-electron chi connectivity index (χ4n) is 1.11. The first kappa shape index (κ1) is 10.8. The first-order valence-corrected chi connectivity index (χ1v) is 4.24. The van der Waals surface area contributed by atoms with Gasteiger partial charge in [0, 0.05) is 12.5 Å². The van der Waals surface area contributed by atoms with Gasteiger partial charge in [-0.2, -0.15) is 0 Å². The van der Waals surface area contributed by atoms with Crippen LogP contribution in [0.3, 0.4) is 0 Å². The Morgan fingerprint density at radius 1 is 1.50 bits per heavy atom. The van der Waals surface area contributed by atoms with E-state index < -0.39 is 17.4 Å². The molecule has 1 aromatic carbocycles. The van der Waals surface area contributed by atoms with Gasteiger partial charge in [-0.1, -0.05) is 0 Å². The highest BCUT2D eigenvalue weighted by Gasteiger charge is 2.13. The summed E-state index contributed by atoms with van der Waals surface area (Å²) in [4.78, 5) is 11.3. The highest BCUT2D eigenvalue weighted by atomic mass is 19.1. The molecule has 0 saturated heterocycles. The van der Waals surface area contributed by atoms with Gasteiger partial charge in [-0.15, -0.1) is 0 Å². The molecule has 76 valence electrons. The number of ketones is 1. The minimum atomic E-state index is -0.711. The van der Waals surface area contributed by atoms with Gasteiger partial charge in [0.1, 0.15) is 11.6 Å². The van der Waals surface area contributed by atoms with Crippen LogP contribution in [-0.4, -0.2) is 11.8 Å². The van der Waals surface area contributed by atoms with Crippen molar-refractivity contribution in [2.24, 2.45) is 5.73 Å². The molecule has 2 N–H and O–H groups in total. The van der Waals surface area contributed by atoms with Gasteiger partial charge in [-0.3, -0.25) is 4.79 Å². The predicted molar refractivity (Wildman–Crippen MR) is 49.0 cm³/mol. The molecule has 0 aliphatic carbocycles. The molecule has 0 radical (unpaired) electrons. The standard InChI is InChI=1S/C10H11F2NO/c1-6(13)4-10(14)8-5-7(11)2-3-9(8)12/h2-3,5-6H,4,13H2,1H3. The third-order valence-electron chi connectivity index (χ3n) is 1.74. The predicted octanol–water partition coefficient (Wildman–Crippen LogP) is 1.88. The average molecular weight is 199 g/mol. The molecule has 1 rings (SSSR count). The number of benzene rings is 1. The molecule has 1 atom stereocenters. The molecule has 1 unspecified atom stereocenters. The first-order valence-electron chi connectivity index (χ1n) is 4.24. The van der Waals surface area contributed by atoms with E-state index in [4.69, 9.17) is 5.73 Å². The largest absolute Gasteiger partial charge is 0.328 e. The molecule has 0 fully saturated rings. The van der Waals surface area contributed by atoms with Gasteiger partial charge in [-0.25, -0.2) is 8.78 Å². The van der Waals surface area contributed by atoms with Crippen molar-refractivity contribution in [3.05, 3.63) is 35.4 Å². The molecular formula is C10H11F2NO. The van der Waals surface area contributed by atoms with E-state index in [1.54, 1.807) is 6.92 Å². The summed E-state index contributed by atoms with van der Waals surface area (Å²) in [6, 6.07) is 2.44. The summed E-state index contributed by atoms with van der Waals surface area (Å²) >= 11 is 0. The summed E-state index contributed by atoms with van der Waals surface area (Å²) in [7, 11) is 0. The second-order valence-electron chi connectivity index (χ2n) is 3.23. The minimum absolute atomic E-state index is 0.0143. The van der Waals surface area contributed by atoms with E-state index in [2.05, 4.69) is 0 Å². The average Bonchev–Trinajstić information content (AvgIpc) is 2.08. The molecular weight excluding hydrogens is 188 g/mol. The van der Waals surface area contributed by atoms with Gasteiger partial charge >= 0.3 is 0 Å². The van der Waals surface area contributed by atoms with Crippen LogP contribution in [0.2, 0.25) is 0 Å². The molecule has 4 heteroatoms. The van der Waals surface area contributed by atoms with Crippen LogP contribution in [0.25, 0.3) is 0 Å². The Morgan fingerprint density at radius 2 is 2.14 bits per heavy atom. The molecule has 0 aromatic heterocycles. The number of halogens is 2. The Hall–Kier alpha value is -1.29. The topological polar surface area (TPSA) is 43.1 Å². The van der Waals surface area contributed by atoms with Crippen molar-refractivity contribution in [2.75, 3.05) is 0 Å². The van der Waals surface area contributed by atoms with Crippen molar-refractivity contribution in [3.8, 4) is 0 Å². The Morgan fingerprint density at radius 3 is 2.71 bits per heavy atom. The SMILES string of the molecule is CC(N)CC(=O)c1cc(F)ccc1F.